The van der Waals surface area contributed by atoms with E-state index in [4.69, 9.17) is 9.84 Å². The summed E-state index contributed by atoms with van der Waals surface area (Å²) in [6, 6.07) is 6.89. The minimum absolute atomic E-state index is 0.0132. The second-order valence-electron chi connectivity index (χ2n) is 3.91. The second-order valence-corrected chi connectivity index (χ2v) is 3.91. The Balaban J connectivity index is 2.76. The molecule has 0 spiro atoms. The molecule has 0 saturated heterocycles. The summed E-state index contributed by atoms with van der Waals surface area (Å²) in [4.78, 5) is 11.4. The molecule has 0 aromatic heterocycles. The monoisotopic (exact) mass is 224 g/mol. The SMILES string of the molecule is COC(=O)C(C)(C)Oc1ccc(CO)cc1. The topological polar surface area (TPSA) is 55.8 Å². The van der Waals surface area contributed by atoms with Crippen LogP contribution in [0.3, 0.4) is 0 Å². The second kappa shape index (κ2) is 4.99. The van der Waals surface area contributed by atoms with Gasteiger partial charge in [0.05, 0.1) is 13.7 Å². The van der Waals surface area contributed by atoms with Gasteiger partial charge in [0.2, 0.25) is 0 Å². The molecule has 16 heavy (non-hydrogen) atoms. The first-order valence-corrected chi connectivity index (χ1v) is 4.97. The van der Waals surface area contributed by atoms with Gasteiger partial charge >= 0.3 is 5.97 Å². The largest absolute Gasteiger partial charge is 0.476 e. The van der Waals surface area contributed by atoms with Crippen LogP contribution in [0.25, 0.3) is 0 Å². The summed E-state index contributed by atoms with van der Waals surface area (Å²) in [6.45, 7) is 3.26. The molecule has 1 aromatic carbocycles. The number of carbonyl (C=O) groups is 1. The number of esters is 1. The molecule has 0 atom stereocenters. The van der Waals surface area contributed by atoms with E-state index in [0.717, 1.165) is 5.56 Å². The van der Waals surface area contributed by atoms with E-state index in [9.17, 15) is 4.79 Å². The van der Waals surface area contributed by atoms with Crippen molar-refractivity contribution >= 4 is 5.97 Å². The van der Waals surface area contributed by atoms with E-state index in [1.165, 1.54) is 7.11 Å². The molecule has 88 valence electrons. The molecule has 0 heterocycles. The molecule has 0 aliphatic heterocycles. The molecule has 1 aromatic rings. The minimum atomic E-state index is -1.02. The van der Waals surface area contributed by atoms with E-state index in [-0.39, 0.29) is 6.61 Å². The van der Waals surface area contributed by atoms with Crippen LogP contribution in [0.15, 0.2) is 24.3 Å². The van der Waals surface area contributed by atoms with Crippen molar-refractivity contribution < 1.29 is 19.4 Å². The zero-order chi connectivity index (χ0) is 12.2. The van der Waals surface area contributed by atoms with Crippen LogP contribution in [0.5, 0.6) is 5.75 Å². The standard InChI is InChI=1S/C12H16O4/c1-12(2,11(14)15-3)16-10-6-4-9(8-13)5-7-10/h4-7,13H,8H2,1-3H3. The fraction of sp³-hybridized carbons (Fsp3) is 0.417. The van der Waals surface area contributed by atoms with Crippen LogP contribution in [0.2, 0.25) is 0 Å². The maximum absolute atomic E-state index is 11.4. The van der Waals surface area contributed by atoms with Gasteiger partial charge in [0.1, 0.15) is 5.75 Å². The van der Waals surface area contributed by atoms with Gasteiger partial charge in [-0.1, -0.05) is 12.1 Å². The van der Waals surface area contributed by atoms with Crippen LogP contribution in [0.4, 0.5) is 0 Å². The number of ether oxygens (including phenoxy) is 2. The highest BCUT2D eigenvalue weighted by molar-refractivity contribution is 5.78. The molecule has 4 heteroatoms. The first-order valence-electron chi connectivity index (χ1n) is 4.97. The van der Waals surface area contributed by atoms with Crippen molar-refractivity contribution in [1.29, 1.82) is 0 Å². The van der Waals surface area contributed by atoms with Crippen LogP contribution in [-0.2, 0) is 16.1 Å². The van der Waals surface area contributed by atoms with Gasteiger partial charge in [-0.05, 0) is 31.5 Å². The van der Waals surface area contributed by atoms with Gasteiger partial charge < -0.3 is 14.6 Å². The molecule has 0 bridgehead atoms. The summed E-state index contributed by atoms with van der Waals surface area (Å²) in [5, 5.41) is 8.87. The van der Waals surface area contributed by atoms with Crippen molar-refractivity contribution in [2.45, 2.75) is 26.1 Å². The number of benzene rings is 1. The van der Waals surface area contributed by atoms with Gasteiger partial charge in [-0.25, -0.2) is 4.79 Å². The lowest BCUT2D eigenvalue weighted by Gasteiger charge is -2.23. The molecule has 0 radical (unpaired) electrons. The zero-order valence-corrected chi connectivity index (χ0v) is 9.69. The third-order valence-corrected chi connectivity index (χ3v) is 2.16. The molecule has 0 unspecified atom stereocenters. The zero-order valence-electron chi connectivity index (χ0n) is 9.69. The number of aliphatic hydroxyl groups is 1. The first kappa shape index (κ1) is 12.5. The number of methoxy groups -OCH3 is 1. The fourth-order valence-corrected chi connectivity index (χ4v) is 1.24. The fourth-order valence-electron chi connectivity index (χ4n) is 1.24. The highest BCUT2D eigenvalue weighted by Gasteiger charge is 2.30. The van der Waals surface area contributed by atoms with E-state index < -0.39 is 11.6 Å². The van der Waals surface area contributed by atoms with Gasteiger partial charge in [-0.15, -0.1) is 0 Å². The van der Waals surface area contributed by atoms with Gasteiger partial charge in [-0.3, -0.25) is 0 Å². The molecule has 1 rings (SSSR count). The van der Waals surface area contributed by atoms with E-state index in [2.05, 4.69) is 4.74 Å². The molecule has 0 aliphatic rings. The van der Waals surface area contributed by atoms with E-state index in [1.54, 1.807) is 38.1 Å². The lowest BCUT2D eigenvalue weighted by molar-refractivity contribution is -0.156. The molecule has 0 saturated carbocycles. The Bertz CT molecular complexity index is 354. The number of rotatable bonds is 4. The molecule has 0 fully saturated rings. The number of carbonyl (C=O) groups excluding carboxylic acids is 1. The van der Waals surface area contributed by atoms with Gasteiger partial charge in [0, 0.05) is 0 Å². The van der Waals surface area contributed by atoms with Crippen LogP contribution >= 0.6 is 0 Å². The van der Waals surface area contributed by atoms with Crippen LogP contribution in [-0.4, -0.2) is 23.8 Å². The molecular formula is C12H16O4. The Hall–Kier alpha value is -1.55. The molecule has 0 aliphatic carbocycles. The molecule has 0 amide bonds. The third-order valence-electron chi connectivity index (χ3n) is 2.16. The average molecular weight is 224 g/mol. The summed E-state index contributed by atoms with van der Waals surface area (Å²) >= 11 is 0. The van der Waals surface area contributed by atoms with Crippen molar-refractivity contribution in [3.63, 3.8) is 0 Å². The lowest BCUT2D eigenvalue weighted by Crippen LogP contribution is -2.39. The molecule has 4 nitrogen and oxygen atoms in total. The molecule has 1 N–H and O–H groups in total. The molecular weight excluding hydrogens is 208 g/mol. The number of aliphatic hydroxyl groups excluding tert-OH is 1. The lowest BCUT2D eigenvalue weighted by atomic mass is 10.1. The van der Waals surface area contributed by atoms with Crippen molar-refractivity contribution in [3.05, 3.63) is 29.8 Å². The van der Waals surface area contributed by atoms with Crippen LogP contribution in [0, 0.1) is 0 Å². The van der Waals surface area contributed by atoms with Crippen molar-refractivity contribution in [1.82, 2.24) is 0 Å². The van der Waals surface area contributed by atoms with Crippen LogP contribution in [0.1, 0.15) is 19.4 Å². The average Bonchev–Trinajstić information content (AvgIpc) is 2.28. The minimum Gasteiger partial charge on any atom is -0.476 e. The van der Waals surface area contributed by atoms with Crippen molar-refractivity contribution in [2.24, 2.45) is 0 Å². The summed E-state index contributed by atoms with van der Waals surface area (Å²) in [5.74, 6) is 0.131. The van der Waals surface area contributed by atoms with E-state index >= 15 is 0 Å². The Morgan fingerprint density at radius 2 is 1.88 bits per heavy atom. The Morgan fingerprint density at radius 3 is 2.31 bits per heavy atom. The predicted molar refractivity (Wildman–Crippen MR) is 59.1 cm³/mol. The van der Waals surface area contributed by atoms with Gasteiger partial charge in [-0.2, -0.15) is 0 Å². The van der Waals surface area contributed by atoms with Crippen molar-refractivity contribution in [3.8, 4) is 5.75 Å². The maximum atomic E-state index is 11.4. The van der Waals surface area contributed by atoms with Crippen molar-refractivity contribution in [2.75, 3.05) is 7.11 Å². The Kier molecular flexibility index (Phi) is 3.90. The maximum Gasteiger partial charge on any atom is 0.349 e. The van der Waals surface area contributed by atoms with Gasteiger partial charge in [0.25, 0.3) is 0 Å². The highest BCUT2D eigenvalue weighted by Crippen LogP contribution is 2.19. The normalized spacial score (nSPS) is 11.0. The summed E-state index contributed by atoms with van der Waals surface area (Å²) in [6.07, 6.45) is 0. The third kappa shape index (κ3) is 2.97. The van der Waals surface area contributed by atoms with Crippen LogP contribution < -0.4 is 4.74 Å². The number of hydrogen-bond acceptors (Lipinski definition) is 4. The van der Waals surface area contributed by atoms with Gasteiger partial charge in [0.15, 0.2) is 5.60 Å². The smallest absolute Gasteiger partial charge is 0.349 e. The number of hydrogen-bond donors (Lipinski definition) is 1. The quantitative estimate of drug-likeness (QED) is 0.788. The van der Waals surface area contributed by atoms with E-state index in [0.29, 0.717) is 5.75 Å². The summed E-state index contributed by atoms with van der Waals surface area (Å²) in [5.41, 5.74) is -0.224. The summed E-state index contributed by atoms with van der Waals surface area (Å²) < 4.78 is 10.1. The Labute approximate surface area is 94.8 Å². The van der Waals surface area contributed by atoms with E-state index in [1.807, 2.05) is 0 Å². The predicted octanol–water partition coefficient (Wildman–Crippen LogP) is 1.51. The first-order chi connectivity index (χ1) is 7.49. The Morgan fingerprint density at radius 1 is 1.31 bits per heavy atom. The summed E-state index contributed by atoms with van der Waals surface area (Å²) in [7, 11) is 1.32. The highest BCUT2D eigenvalue weighted by atomic mass is 16.6.